The van der Waals surface area contributed by atoms with Gasteiger partial charge in [-0.1, -0.05) is 27.2 Å². The van der Waals surface area contributed by atoms with E-state index >= 15 is 0 Å². The van der Waals surface area contributed by atoms with Crippen LogP contribution in [0.4, 0.5) is 0 Å². The fourth-order valence-electron chi connectivity index (χ4n) is 1.71. The average molecular weight is 279 g/mol. The molecule has 0 saturated heterocycles. The molecule has 0 aliphatic carbocycles. The minimum Gasteiger partial charge on any atom is -0.494 e. The van der Waals surface area contributed by atoms with Gasteiger partial charge in [0.25, 0.3) is 5.91 Å². The van der Waals surface area contributed by atoms with Crippen LogP contribution in [0.3, 0.4) is 0 Å². The Morgan fingerprint density at radius 2 is 1.95 bits per heavy atom. The van der Waals surface area contributed by atoms with Gasteiger partial charge in [0.15, 0.2) is 0 Å². The van der Waals surface area contributed by atoms with E-state index in [-0.39, 0.29) is 24.5 Å². The number of aliphatic hydroxyl groups is 1. The Morgan fingerprint density at radius 1 is 1.30 bits per heavy atom. The lowest BCUT2D eigenvalue weighted by atomic mass is 10.0. The lowest BCUT2D eigenvalue weighted by molar-refractivity contribution is 0.0897. The molecule has 0 aliphatic heterocycles. The Kier molecular flexibility index (Phi) is 7.09. The van der Waals surface area contributed by atoms with E-state index in [4.69, 9.17) is 4.74 Å². The van der Waals surface area contributed by atoms with E-state index in [1.807, 2.05) is 13.8 Å². The third-order valence-electron chi connectivity index (χ3n) is 3.20. The lowest BCUT2D eigenvalue weighted by Gasteiger charge is -2.19. The molecule has 1 unspecified atom stereocenters. The quantitative estimate of drug-likeness (QED) is 0.719. The van der Waals surface area contributed by atoms with Gasteiger partial charge < -0.3 is 15.2 Å². The Bertz CT molecular complexity index is 401. The summed E-state index contributed by atoms with van der Waals surface area (Å²) in [6.45, 7) is 6.68. The summed E-state index contributed by atoms with van der Waals surface area (Å²) in [5.74, 6) is 0.802. The van der Waals surface area contributed by atoms with Gasteiger partial charge in [0.05, 0.1) is 19.3 Å². The molecule has 0 fully saturated rings. The summed E-state index contributed by atoms with van der Waals surface area (Å²) in [6, 6.07) is 6.86. The molecule has 1 amide bonds. The van der Waals surface area contributed by atoms with Crippen molar-refractivity contribution in [1.29, 1.82) is 0 Å². The molecule has 4 nitrogen and oxygen atoms in total. The summed E-state index contributed by atoms with van der Waals surface area (Å²) < 4.78 is 5.55. The van der Waals surface area contributed by atoms with Crippen molar-refractivity contribution in [2.24, 2.45) is 5.92 Å². The molecule has 20 heavy (non-hydrogen) atoms. The van der Waals surface area contributed by atoms with Crippen LogP contribution in [-0.2, 0) is 0 Å². The van der Waals surface area contributed by atoms with Gasteiger partial charge in [0, 0.05) is 5.56 Å². The van der Waals surface area contributed by atoms with Crippen LogP contribution in [0.25, 0.3) is 0 Å². The fraction of sp³-hybridized carbons (Fsp3) is 0.562. The molecule has 0 radical (unpaired) electrons. The number of carbonyl (C=O) groups is 1. The van der Waals surface area contributed by atoms with Crippen LogP contribution in [-0.4, -0.2) is 30.3 Å². The number of hydrogen-bond acceptors (Lipinski definition) is 3. The summed E-state index contributed by atoms with van der Waals surface area (Å²) >= 11 is 0. The highest BCUT2D eigenvalue weighted by atomic mass is 16.5. The first kappa shape index (κ1) is 16.5. The summed E-state index contributed by atoms with van der Waals surface area (Å²) in [7, 11) is 0. The van der Waals surface area contributed by atoms with E-state index in [1.54, 1.807) is 24.3 Å². The Balaban J connectivity index is 2.56. The van der Waals surface area contributed by atoms with Crippen molar-refractivity contribution in [2.75, 3.05) is 13.2 Å². The summed E-state index contributed by atoms with van der Waals surface area (Å²) in [4.78, 5) is 12.0. The molecule has 0 heterocycles. The first-order valence-electron chi connectivity index (χ1n) is 7.23. The minimum absolute atomic E-state index is 0.0539. The van der Waals surface area contributed by atoms with Crippen LogP contribution in [0.1, 0.15) is 44.0 Å². The number of benzene rings is 1. The molecule has 1 aromatic carbocycles. The molecule has 0 bridgehead atoms. The van der Waals surface area contributed by atoms with Crippen molar-refractivity contribution in [3.05, 3.63) is 29.8 Å². The summed E-state index contributed by atoms with van der Waals surface area (Å²) in [6.07, 6.45) is 2.12. The number of amides is 1. The fourth-order valence-corrected chi connectivity index (χ4v) is 1.71. The van der Waals surface area contributed by atoms with Crippen molar-refractivity contribution < 1.29 is 14.6 Å². The second-order valence-electron chi connectivity index (χ2n) is 5.23. The van der Waals surface area contributed by atoms with Crippen LogP contribution in [0.5, 0.6) is 5.75 Å². The minimum atomic E-state index is -0.219. The highest BCUT2D eigenvalue weighted by Crippen LogP contribution is 2.13. The molecular formula is C16H25NO3. The monoisotopic (exact) mass is 279 g/mol. The zero-order valence-corrected chi connectivity index (χ0v) is 12.6. The van der Waals surface area contributed by atoms with E-state index in [0.717, 1.165) is 18.6 Å². The Hall–Kier alpha value is -1.55. The Labute approximate surface area is 121 Å². The van der Waals surface area contributed by atoms with Gasteiger partial charge in [0.1, 0.15) is 5.75 Å². The van der Waals surface area contributed by atoms with Crippen molar-refractivity contribution in [3.8, 4) is 5.75 Å². The third kappa shape index (κ3) is 5.21. The number of unbranched alkanes of at least 4 members (excludes halogenated alkanes) is 1. The summed E-state index contributed by atoms with van der Waals surface area (Å²) in [5, 5.41) is 12.0. The second kappa shape index (κ2) is 8.59. The van der Waals surface area contributed by atoms with Crippen LogP contribution in [0.15, 0.2) is 24.3 Å². The molecule has 4 heteroatoms. The topological polar surface area (TPSA) is 58.6 Å². The van der Waals surface area contributed by atoms with Crippen molar-refractivity contribution >= 4 is 5.91 Å². The van der Waals surface area contributed by atoms with E-state index < -0.39 is 0 Å². The maximum absolute atomic E-state index is 12.0. The predicted octanol–water partition coefficient (Wildman–Crippen LogP) is 2.61. The molecule has 0 aromatic heterocycles. The maximum Gasteiger partial charge on any atom is 0.251 e. The largest absolute Gasteiger partial charge is 0.494 e. The third-order valence-corrected chi connectivity index (χ3v) is 3.20. The molecule has 0 spiro atoms. The molecule has 2 N–H and O–H groups in total. The van der Waals surface area contributed by atoms with E-state index in [2.05, 4.69) is 12.2 Å². The summed E-state index contributed by atoms with van der Waals surface area (Å²) in [5.41, 5.74) is 0.576. The molecule has 1 aromatic rings. The van der Waals surface area contributed by atoms with Crippen molar-refractivity contribution in [2.45, 2.75) is 39.7 Å². The second-order valence-corrected chi connectivity index (χ2v) is 5.23. The van der Waals surface area contributed by atoms with Crippen LogP contribution >= 0.6 is 0 Å². The zero-order chi connectivity index (χ0) is 15.0. The number of rotatable bonds is 8. The van der Waals surface area contributed by atoms with E-state index in [0.29, 0.717) is 12.2 Å². The predicted molar refractivity (Wildman–Crippen MR) is 80.0 cm³/mol. The number of nitrogens with one attached hydrogen (secondary N) is 1. The molecule has 0 aliphatic rings. The zero-order valence-electron chi connectivity index (χ0n) is 12.6. The number of hydrogen-bond donors (Lipinski definition) is 2. The van der Waals surface area contributed by atoms with Gasteiger partial charge in [-0.05, 0) is 36.6 Å². The smallest absolute Gasteiger partial charge is 0.251 e. The lowest BCUT2D eigenvalue weighted by Crippen LogP contribution is -2.41. The van der Waals surface area contributed by atoms with Crippen molar-refractivity contribution in [3.63, 3.8) is 0 Å². The van der Waals surface area contributed by atoms with Gasteiger partial charge in [0.2, 0.25) is 0 Å². The van der Waals surface area contributed by atoms with Gasteiger partial charge in [-0.25, -0.2) is 0 Å². The highest BCUT2D eigenvalue weighted by Gasteiger charge is 2.16. The molecule has 1 rings (SSSR count). The first-order chi connectivity index (χ1) is 9.58. The molecule has 112 valence electrons. The van der Waals surface area contributed by atoms with Gasteiger partial charge in [-0.3, -0.25) is 4.79 Å². The van der Waals surface area contributed by atoms with Gasteiger partial charge in [-0.2, -0.15) is 0 Å². The number of ether oxygens (including phenoxy) is 1. The number of carbonyl (C=O) groups excluding carboxylic acids is 1. The SMILES string of the molecule is CCCCOc1ccc(C(=O)NC(CO)C(C)C)cc1. The van der Waals surface area contributed by atoms with Gasteiger partial charge >= 0.3 is 0 Å². The van der Waals surface area contributed by atoms with Crippen LogP contribution in [0, 0.1) is 5.92 Å². The van der Waals surface area contributed by atoms with Gasteiger partial charge in [-0.15, -0.1) is 0 Å². The van der Waals surface area contributed by atoms with Crippen LogP contribution in [0.2, 0.25) is 0 Å². The first-order valence-corrected chi connectivity index (χ1v) is 7.23. The molecule has 1 atom stereocenters. The average Bonchev–Trinajstić information content (AvgIpc) is 2.45. The Morgan fingerprint density at radius 3 is 2.45 bits per heavy atom. The standard InChI is InChI=1S/C16H25NO3/c1-4-5-10-20-14-8-6-13(7-9-14)16(19)17-15(11-18)12(2)3/h6-9,12,15,18H,4-5,10-11H2,1-3H3,(H,17,19). The van der Waals surface area contributed by atoms with Crippen molar-refractivity contribution in [1.82, 2.24) is 5.32 Å². The van der Waals surface area contributed by atoms with E-state index in [9.17, 15) is 9.90 Å². The molecular weight excluding hydrogens is 254 g/mol. The number of aliphatic hydroxyl groups excluding tert-OH is 1. The molecule has 0 saturated carbocycles. The highest BCUT2D eigenvalue weighted by molar-refractivity contribution is 5.94. The van der Waals surface area contributed by atoms with E-state index in [1.165, 1.54) is 0 Å². The van der Waals surface area contributed by atoms with Crippen LogP contribution < -0.4 is 10.1 Å². The normalized spacial score (nSPS) is 12.2. The maximum atomic E-state index is 12.0.